The normalized spacial score (nSPS) is 22.7. The first-order valence-corrected chi connectivity index (χ1v) is 2.94. The summed E-state index contributed by atoms with van der Waals surface area (Å²) in [5, 5.41) is 18.6. The third kappa shape index (κ3) is 1.20. The Balaban J connectivity index is 2.33. The maximum absolute atomic E-state index is 10.3. The van der Waals surface area contributed by atoms with Gasteiger partial charge in [-0.05, 0) is 0 Å². The fourth-order valence-electron chi connectivity index (χ4n) is 0.719. The molecule has 9 heavy (non-hydrogen) atoms. The second kappa shape index (κ2) is 2.20. The van der Waals surface area contributed by atoms with E-state index in [9.17, 15) is 5.21 Å². The van der Waals surface area contributed by atoms with E-state index in [2.05, 4.69) is 5.43 Å². The van der Waals surface area contributed by atoms with Crippen molar-refractivity contribution in [1.82, 2.24) is 5.34 Å². The number of nitrogens with zero attached hydrogens (tertiary/aromatic N) is 3. The molecule has 0 saturated carbocycles. The molecule has 0 aromatic rings. The van der Waals surface area contributed by atoms with Crippen LogP contribution < -0.4 is 0 Å². The molecule has 1 heterocycles. The van der Waals surface area contributed by atoms with E-state index in [1.165, 1.54) is 0 Å². The Morgan fingerprint density at radius 3 is 2.44 bits per heavy atom. The van der Waals surface area contributed by atoms with Gasteiger partial charge >= 0.3 is 0 Å². The van der Waals surface area contributed by atoms with Gasteiger partial charge in [0.05, 0.1) is 0 Å². The highest BCUT2D eigenvalue weighted by molar-refractivity contribution is 4.67. The molecule has 0 aliphatic carbocycles. The molecule has 0 radical (unpaired) electrons. The fraction of sp³-hybridized carbons (Fsp3) is 1.00. The molecule has 1 aliphatic heterocycles. The van der Waals surface area contributed by atoms with E-state index in [1.54, 1.807) is 0 Å². The monoisotopic (exact) mass is 132 g/mol. The van der Waals surface area contributed by atoms with Gasteiger partial charge in [-0.1, -0.05) is 12.3 Å². The van der Waals surface area contributed by atoms with Crippen LogP contribution >= 0.6 is 0 Å². The first-order valence-electron chi connectivity index (χ1n) is 2.94. The minimum absolute atomic E-state index is 0.0938. The van der Waals surface area contributed by atoms with Crippen molar-refractivity contribution in [3.63, 3.8) is 0 Å². The summed E-state index contributed by atoms with van der Waals surface area (Å²) in [6.07, 6.45) is 0. The molecule has 1 N–H and O–H groups in total. The lowest BCUT2D eigenvalue weighted by atomic mass is 10.8. The molecule has 0 amide bonds. The second-order valence-corrected chi connectivity index (χ2v) is 2.04. The van der Waals surface area contributed by atoms with Crippen LogP contribution in [0.3, 0.4) is 0 Å². The van der Waals surface area contributed by atoms with Gasteiger partial charge in [0.2, 0.25) is 0 Å². The highest BCUT2D eigenvalue weighted by atomic mass is 16.9. The van der Waals surface area contributed by atoms with Crippen LogP contribution in [0.2, 0.25) is 0 Å². The average Bonchev–Trinajstić information content (AvgIpc) is 2.49. The van der Waals surface area contributed by atoms with Crippen molar-refractivity contribution >= 4 is 0 Å². The minimum Gasteiger partial charge on any atom is -0.715 e. The topological polar surface area (TPSA) is 60.6 Å². The van der Waals surface area contributed by atoms with Gasteiger partial charge in [-0.3, -0.25) is 9.91 Å². The molecule has 1 saturated heterocycles. The molecule has 0 bridgehead atoms. The summed E-state index contributed by atoms with van der Waals surface area (Å²) >= 11 is 0. The first kappa shape index (κ1) is 6.91. The van der Waals surface area contributed by atoms with Crippen molar-refractivity contribution < 1.29 is 9.91 Å². The van der Waals surface area contributed by atoms with Crippen molar-refractivity contribution in [2.45, 2.75) is 6.92 Å². The summed E-state index contributed by atoms with van der Waals surface area (Å²) in [5.41, 5.74) is 3.87. The average molecular weight is 132 g/mol. The molecule has 5 nitrogen and oxygen atoms in total. The number of hydrogen-bond acceptors (Lipinski definition) is 3. The van der Waals surface area contributed by atoms with Gasteiger partial charge in [0.25, 0.3) is 0 Å². The van der Waals surface area contributed by atoms with E-state index in [-0.39, 0.29) is 10.0 Å². The molecule has 0 atom stereocenters. The van der Waals surface area contributed by atoms with Crippen molar-refractivity contribution in [3.8, 4) is 0 Å². The summed E-state index contributed by atoms with van der Waals surface area (Å²) in [4.78, 5) is 0. The van der Waals surface area contributed by atoms with E-state index in [4.69, 9.17) is 5.21 Å². The van der Waals surface area contributed by atoms with Crippen molar-refractivity contribution in [1.29, 1.82) is 0 Å². The van der Waals surface area contributed by atoms with Gasteiger partial charge in [0, 0.05) is 0 Å². The standard InChI is InChI=1S/C4H10N3O2/c1-2-5-7(3-4-7)6(8)9/h8H,2-4H2,1H3/q-1. The maximum Gasteiger partial charge on any atom is 0.140 e. The highest BCUT2D eigenvalue weighted by Gasteiger charge is 2.36. The van der Waals surface area contributed by atoms with E-state index in [0.29, 0.717) is 19.6 Å². The first-order chi connectivity index (χ1) is 4.21. The summed E-state index contributed by atoms with van der Waals surface area (Å²) in [6.45, 7) is 3.67. The Labute approximate surface area is 53.5 Å². The molecule has 1 rings (SSSR count). The zero-order valence-corrected chi connectivity index (χ0v) is 5.32. The number of hydrogen-bond donors (Lipinski definition) is 1. The molecule has 0 unspecified atom stereocenters. The lowest BCUT2D eigenvalue weighted by molar-refractivity contribution is -0.926. The summed E-state index contributed by atoms with van der Waals surface area (Å²) in [6, 6.07) is 0. The molecule has 54 valence electrons. The third-order valence-electron chi connectivity index (χ3n) is 1.35. The van der Waals surface area contributed by atoms with Gasteiger partial charge in [-0.2, -0.15) is 0 Å². The third-order valence-corrected chi connectivity index (χ3v) is 1.35. The lowest BCUT2D eigenvalue weighted by Crippen LogP contribution is -2.35. The maximum atomic E-state index is 10.3. The Kier molecular flexibility index (Phi) is 1.69. The van der Waals surface area contributed by atoms with Crippen LogP contribution in [-0.4, -0.2) is 34.9 Å². The van der Waals surface area contributed by atoms with E-state index < -0.39 is 0 Å². The van der Waals surface area contributed by atoms with Crippen LogP contribution in [0.5, 0.6) is 0 Å². The minimum atomic E-state index is -0.142. The zero-order valence-electron chi connectivity index (χ0n) is 5.32. The fourth-order valence-corrected chi connectivity index (χ4v) is 0.719. The Hall–Kier alpha value is -0.200. The van der Waals surface area contributed by atoms with E-state index >= 15 is 0 Å². The Bertz CT molecular complexity index is 102. The van der Waals surface area contributed by atoms with Gasteiger partial charge in [-0.15, -0.1) is 6.54 Å². The van der Waals surface area contributed by atoms with Crippen LogP contribution in [0.4, 0.5) is 0 Å². The van der Waals surface area contributed by atoms with E-state index in [1.807, 2.05) is 6.92 Å². The van der Waals surface area contributed by atoms with Gasteiger partial charge in [0.15, 0.2) is 0 Å². The van der Waals surface area contributed by atoms with Crippen LogP contribution in [-0.2, 0) is 0 Å². The summed E-state index contributed by atoms with van der Waals surface area (Å²) in [5.74, 6) is 0. The quantitative estimate of drug-likeness (QED) is 0.339. The van der Waals surface area contributed by atoms with Crippen LogP contribution in [0.15, 0.2) is 0 Å². The Morgan fingerprint density at radius 2 is 2.33 bits per heavy atom. The largest absolute Gasteiger partial charge is 0.715 e. The summed E-state index contributed by atoms with van der Waals surface area (Å²) < 4.78 is -0.142. The predicted octanol–water partition coefficient (Wildman–Crippen LogP) is 0.229. The smallest absolute Gasteiger partial charge is 0.140 e. The molecule has 0 aromatic carbocycles. The van der Waals surface area contributed by atoms with Crippen LogP contribution in [0.25, 0.3) is 5.43 Å². The molecule has 5 heteroatoms. The van der Waals surface area contributed by atoms with Crippen molar-refractivity contribution in [2.24, 2.45) is 0 Å². The van der Waals surface area contributed by atoms with Crippen LogP contribution in [0.1, 0.15) is 6.92 Å². The zero-order chi connectivity index (χ0) is 6.91. The molecular weight excluding hydrogens is 122 g/mol. The van der Waals surface area contributed by atoms with E-state index in [0.717, 1.165) is 0 Å². The van der Waals surface area contributed by atoms with Gasteiger partial charge in [0.1, 0.15) is 13.1 Å². The lowest BCUT2D eigenvalue weighted by Gasteiger charge is -2.38. The summed E-state index contributed by atoms with van der Waals surface area (Å²) in [7, 11) is 0. The Morgan fingerprint density at radius 1 is 1.78 bits per heavy atom. The van der Waals surface area contributed by atoms with Gasteiger partial charge in [-0.25, -0.2) is 0 Å². The SMILES string of the molecule is CC[N-][N+]1(N([O-])O)CC1. The molecule has 0 aromatic heterocycles. The molecule has 1 fully saturated rings. The molecular formula is C4H10N3O2-. The molecule has 0 spiro atoms. The molecule has 1 aliphatic rings. The number of rotatable bonds is 3. The number of quaternary nitrogens is 1. The van der Waals surface area contributed by atoms with Crippen molar-refractivity contribution in [3.05, 3.63) is 10.6 Å². The van der Waals surface area contributed by atoms with Gasteiger partial charge < -0.3 is 10.6 Å². The second-order valence-electron chi connectivity index (χ2n) is 2.04. The highest BCUT2D eigenvalue weighted by Crippen LogP contribution is 2.27. The van der Waals surface area contributed by atoms with Crippen LogP contribution in [0, 0.1) is 5.21 Å². The van der Waals surface area contributed by atoms with Crippen molar-refractivity contribution in [2.75, 3.05) is 19.6 Å². The predicted molar refractivity (Wildman–Crippen MR) is 30.9 cm³/mol.